The number of hydrogen-bond acceptors (Lipinski definition) is 2. The number of benzene rings is 1. The van der Waals surface area contributed by atoms with Crippen LogP contribution in [-0.2, 0) is 4.79 Å². The Balaban J connectivity index is 1.85. The number of aliphatic carboxylic acids is 1. The summed E-state index contributed by atoms with van der Waals surface area (Å²) in [7, 11) is 0. The molecule has 1 aromatic rings. The van der Waals surface area contributed by atoms with Crippen LogP contribution in [0.4, 0.5) is 5.69 Å². The SMILES string of the molecule is Cc1ccc(NC2CCC(CC(=O)O)CC2)cc1C. The van der Waals surface area contributed by atoms with Gasteiger partial charge in [0.05, 0.1) is 0 Å². The second-order valence-electron chi connectivity index (χ2n) is 5.76. The van der Waals surface area contributed by atoms with Crippen molar-refractivity contribution in [3.8, 4) is 0 Å². The molecule has 19 heavy (non-hydrogen) atoms. The third kappa shape index (κ3) is 3.98. The van der Waals surface area contributed by atoms with Crippen LogP contribution in [0.2, 0.25) is 0 Å². The van der Waals surface area contributed by atoms with Gasteiger partial charge in [-0.2, -0.15) is 0 Å². The monoisotopic (exact) mass is 261 g/mol. The highest BCUT2D eigenvalue weighted by atomic mass is 16.4. The number of rotatable bonds is 4. The van der Waals surface area contributed by atoms with Gasteiger partial charge in [0.25, 0.3) is 0 Å². The van der Waals surface area contributed by atoms with Crippen molar-refractivity contribution in [2.75, 3.05) is 5.32 Å². The summed E-state index contributed by atoms with van der Waals surface area (Å²) in [5.41, 5.74) is 3.81. The van der Waals surface area contributed by atoms with E-state index in [-0.39, 0.29) is 0 Å². The first-order valence-corrected chi connectivity index (χ1v) is 7.10. The maximum Gasteiger partial charge on any atom is 0.303 e. The van der Waals surface area contributed by atoms with Crippen LogP contribution in [0.25, 0.3) is 0 Å². The molecule has 1 aromatic carbocycles. The summed E-state index contributed by atoms with van der Waals surface area (Å²) >= 11 is 0. The molecule has 0 aromatic heterocycles. The highest BCUT2D eigenvalue weighted by molar-refractivity contribution is 5.67. The van der Waals surface area contributed by atoms with Gasteiger partial charge in [-0.3, -0.25) is 4.79 Å². The van der Waals surface area contributed by atoms with Crippen molar-refractivity contribution in [2.45, 2.75) is 52.0 Å². The average molecular weight is 261 g/mol. The molecule has 0 saturated heterocycles. The number of carboxylic acid groups (broad SMARTS) is 1. The van der Waals surface area contributed by atoms with Gasteiger partial charge >= 0.3 is 5.97 Å². The van der Waals surface area contributed by atoms with E-state index in [1.54, 1.807) is 0 Å². The van der Waals surface area contributed by atoms with Gasteiger partial charge in [-0.15, -0.1) is 0 Å². The average Bonchev–Trinajstić information content (AvgIpc) is 2.36. The lowest BCUT2D eigenvalue weighted by Gasteiger charge is -2.29. The van der Waals surface area contributed by atoms with E-state index in [1.165, 1.54) is 16.8 Å². The Bertz CT molecular complexity index is 448. The molecule has 2 N–H and O–H groups in total. The summed E-state index contributed by atoms with van der Waals surface area (Å²) < 4.78 is 0. The molecule has 0 bridgehead atoms. The maximum absolute atomic E-state index is 10.7. The molecule has 1 saturated carbocycles. The molecule has 0 amide bonds. The Morgan fingerprint density at radius 1 is 1.21 bits per heavy atom. The van der Waals surface area contributed by atoms with E-state index in [9.17, 15) is 4.79 Å². The minimum absolute atomic E-state index is 0.330. The number of hydrogen-bond donors (Lipinski definition) is 2. The van der Waals surface area contributed by atoms with Crippen molar-refractivity contribution < 1.29 is 9.90 Å². The Kier molecular flexibility index (Phi) is 4.46. The summed E-state index contributed by atoms with van der Waals surface area (Å²) in [5, 5.41) is 12.4. The summed E-state index contributed by atoms with van der Waals surface area (Å²) in [6.07, 6.45) is 4.52. The van der Waals surface area contributed by atoms with Crippen molar-refractivity contribution in [2.24, 2.45) is 5.92 Å². The smallest absolute Gasteiger partial charge is 0.303 e. The number of carbonyl (C=O) groups is 1. The molecule has 2 rings (SSSR count). The van der Waals surface area contributed by atoms with Gasteiger partial charge in [0.15, 0.2) is 0 Å². The van der Waals surface area contributed by atoms with Gasteiger partial charge in [-0.1, -0.05) is 6.07 Å². The zero-order valence-corrected chi connectivity index (χ0v) is 11.8. The third-order valence-corrected chi connectivity index (χ3v) is 4.19. The lowest BCUT2D eigenvalue weighted by molar-refractivity contribution is -0.138. The van der Waals surface area contributed by atoms with Crippen molar-refractivity contribution in [3.05, 3.63) is 29.3 Å². The summed E-state index contributed by atoms with van der Waals surface area (Å²) in [6.45, 7) is 4.25. The first kappa shape index (κ1) is 13.9. The van der Waals surface area contributed by atoms with Crippen LogP contribution in [0.3, 0.4) is 0 Å². The predicted molar refractivity (Wildman–Crippen MR) is 77.5 cm³/mol. The van der Waals surface area contributed by atoms with Crippen molar-refractivity contribution in [3.63, 3.8) is 0 Å². The molecular weight excluding hydrogens is 238 g/mol. The van der Waals surface area contributed by atoms with Crippen molar-refractivity contribution in [1.82, 2.24) is 0 Å². The Hall–Kier alpha value is -1.51. The fourth-order valence-electron chi connectivity index (χ4n) is 2.82. The molecule has 0 atom stereocenters. The first-order valence-electron chi connectivity index (χ1n) is 7.10. The standard InChI is InChI=1S/C16H23NO2/c1-11-3-6-15(9-12(11)2)17-14-7-4-13(5-8-14)10-16(18)19/h3,6,9,13-14,17H,4-5,7-8,10H2,1-2H3,(H,18,19). The predicted octanol–water partition coefficient (Wildman–Crippen LogP) is 3.75. The van der Waals surface area contributed by atoms with Gasteiger partial charge in [0, 0.05) is 18.2 Å². The molecule has 1 aliphatic carbocycles. The molecule has 3 heteroatoms. The largest absolute Gasteiger partial charge is 0.481 e. The van der Waals surface area contributed by atoms with Crippen LogP contribution < -0.4 is 5.32 Å². The fourth-order valence-corrected chi connectivity index (χ4v) is 2.82. The van der Waals surface area contributed by atoms with E-state index in [4.69, 9.17) is 5.11 Å². The summed E-state index contributed by atoms with van der Waals surface area (Å²) in [5.74, 6) is -0.291. The molecule has 1 aliphatic rings. The molecular formula is C16H23NO2. The van der Waals surface area contributed by atoms with Gasteiger partial charge in [-0.05, 0) is 68.7 Å². The second kappa shape index (κ2) is 6.09. The summed E-state index contributed by atoms with van der Waals surface area (Å²) in [6, 6.07) is 6.96. The molecule has 104 valence electrons. The van der Waals surface area contributed by atoms with Crippen LogP contribution in [-0.4, -0.2) is 17.1 Å². The second-order valence-corrected chi connectivity index (χ2v) is 5.76. The van der Waals surface area contributed by atoms with Gasteiger partial charge in [-0.25, -0.2) is 0 Å². The van der Waals surface area contributed by atoms with Crippen LogP contribution in [0.1, 0.15) is 43.2 Å². The van der Waals surface area contributed by atoms with Crippen LogP contribution in [0, 0.1) is 19.8 Å². The van der Waals surface area contributed by atoms with Crippen LogP contribution >= 0.6 is 0 Å². The van der Waals surface area contributed by atoms with Crippen molar-refractivity contribution in [1.29, 1.82) is 0 Å². The highest BCUT2D eigenvalue weighted by Gasteiger charge is 2.22. The van der Waals surface area contributed by atoms with E-state index in [2.05, 4.69) is 37.4 Å². The minimum atomic E-state index is -0.662. The van der Waals surface area contributed by atoms with E-state index in [0.29, 0.717) is 18.4 Å². The molecule has 0 radical (unpaired) electrons. The molecule has 0 unspecified atom stereocenters. The van der Waals surface area contributed by atoms with Gasteiger partial charge < -0.3 is 10.4 Å². The topological polar surface area (TPSA) is 49.3 Å². The Morgan fingerprint density at radius 3 is 2.47 bits per heavy atom. The number of aryl methyl sites for hydroxylation is 2. The zero-order chi connectivity index (χ0) is 13.8. The lowest BCUT2D eigenvalue weighted by Crippen LogP contribution is -2.27. The molecule has 0 spiro atoms. The third-order valence-electron chi connectivity index (χ3n) is 4.19. The maximum atomic E-state index is 10.7. The minimum Gasteiger partial charge on any atom is -0.481 e. The zero-order valence-electron chi connectivity index (χ0n) is 11.8. The summed E-state index contributed by atoms with van der Waals surface area (Å²) in [4.78, 5) is 10.7. The number of carboxylic acids is 1. The van der Waals surface area contributed by atoms with Crippen LogP contribution in [0.5, 0.6) is 0 Å². The Morgan fingerprint density at radius 2 is 1.89 bits per heavy atom. The van der Waals surface area contributed by atoms with Crippen LogP contribution in [0.15, 0.2) is 18.2 Å². The van der Waals surface area contributed by atoms with E-state index >= 15 is 0 Å². The molecule has 0 aliphatic heterocycles. The van der Waals surface area contributed by atoms with Crippen molar-refractivity contribution >= 4 is 11.7 Å². The quantitative estimate of drug-likeness (QED) is 0.867. The van der Waals surface area contributed by atoms with E-state index < -0.39 is 5.97 Å². The normalized spacial score (nSPS) is 23.1. The first-order chi connectivity index (χ1) is 9.04. The number of anilines is 1. The molecule has 3 nitrogen and oxygen atoms in total. The van der Waals surface area contributed by atoms with E-state index in [0.717, 1.165) is 25.7 Å². The lowest BCUT2D eigenvalue weighted by atomic mass is 9.84. The Labute approximate surface area is 115 Å². The molecule has 1 fully saturated rings. The van der Waals surface area contributed by atoms with E-state index in [1.807, 2.05) is 0 Å². The van der Waals surface area contributed by atoms with Gasteiger partial charge in [0.2, 0.25) is 0 Å². The fraction of sp³-hybridized carbons (Fsp3) is 0.562. The number of nitrogens with one attached hydrogen (secondary N) is 1. The van der Waals surface area contributed by atoms with Gasteiger partial charge in [0.1, 0.15) is 0 Å². The highest BCUT2D eigenvalue weighted by Crippen LogP contribution is 2.29. The molecule has 0 heterocycles.